The molecule has 0 aromatic carbocycles. The first kappa shape index (κ1) is 7.40. The molecule has 0 bridgehead atoms. The first-order valence-corrected chi connectivity index (χ1v) is 3.19. The molecule has 2 nitrogen and oxygen atoms in total. The Bertz CT molecular complexity index is 47.0. The summed E-state index contributed by atoms with van der Waals surface area (Å²) in [7, 11) is 0. The molecule has 1 unspecified atom stereocenters. The monoisotopic (exact) mass is 166 g/mol. The summed E-state index contributed by atoms with van der Waals surface area (Å²) in [4.78, 5) is 0.331. The summed E-state index contributed by atoms with van der Waals surface area (Å²) in [6.45, 7) is 2.53. The lowest BCUT2D eigenvalue weighted by Gasteiger charge is -2.08. The molecule has 0 radical (unpaired) electrons. The van der Waals surface area contributed by atoms with Gasteiger partial charge in [0, 0.05) is 17.4 Å². The number of halogens is 1. The van der Waals surface area contributed by atoms with Crippen LogP contribution in [0.5, 0.6) is 0 Å². The maximum atomic E-state index is 5.44. The quantitative estimate of drug-likeness (QED) is 0.571. The van der Waals surface area contributed by atoms with Crippen molar-refractivity contribution in [1.29, 1.82) is 0 Å². The summed E-state index contributed by atoms with van der Waals surface area (Å²) in [5.74, 6) is 0. The highest BCUT2D eigenvalue weighted by Crippen LogP contribution is 1.98. The van der Waals surface area contributed by atoms with Gasteiger partial charge in [-0.1, -0.05) is 22.9 Å². The summed E-state index contributed by atoms with van der Waals surface area (Å²) in [5, 5.41) is 0. The van der Waals surface area contributed by atoms with Crippen molar-refractivity contribution < 1.29 is 0 Å². The van der Waals surface area contributed by atoms with Crippen LogP contribution in [0.1, 0.15) is 6.92 Å². The number of hydrogen-bond acceptors (Lipinski definition) is 2. The van der Waals surface area contributed by atoms with Crippen LogP contribution >= 0.6 is 15.9 Å². The fourth-order valence-electron chi connectivity index (χ4n) is 0.188. The minimum atomic E-state index is 0.0972. The van der Waals surface area contributed by atoms with E-state index < -0.39 is 0 Å². The molecule has 44 valence electrons. The van der Waals surface area contributed by atoms with Crippen molar-refractivity contribution in [3.8, 4) is 0 Å². The molecule has 7 heavy (non-hydrogen) atoms. The molecule has 0 heterocycles. The predicted octanol–water partition coefficient (Wildman–Crippen LogP) is 0.0558. The Labute approximate surface area is 52.4 Å². The third-order valence-corrected chi connectivity index (χ3v) is 1.54. The third-order valence-electron chi connectivity index (χ3n) is 0.862. The van der Waals surface area contributed by atoms with Gasteiger partial charge in [0.1, 0.15) is 0 Å². The highest BCUT2D eigenvalue weighted by atomic mass is 79.9. The maximum Gasteiger partial charge on any atom is 0.0287 e. The molecule has 0 fully saturated rings. The van der Waals surface area contributed by atoms with Gasteiger partial charge in [-0.25, -0.2) is 0 Å². The highest BCUT2D eigenvalue weighted by Gasteiger charge is 2.03. The molecule has 0 aliphatic heterocycles. The van der Waals surface area contributed by atoms with Gasteiger partial charge >= 0.3 is 0 Å². The van der Waals surface area contributed by atoms with Crippen molar-refractivity contribution in [3.63, 3.8) is 0 Å². The van der Waals surface area contributed by atoms with Crippen LogP contribution in [-0.4, -0.2) is 17.4 Å². The van der Waals surface area contributed by atoms with Crippen LogP contribution in [0.2, 0.25) is 0 Å². The van der Waals surface area contributed by atoms with Crippen LogP contribution in [0.4, 0.5) is 0 Å². The number of rotatable bonds is 2. The van der Waals surface area contributed by atoms with Crippen molar-refractivity contribution >= 4 is 15.9 Å². The Kier molecular flexibility index (Phi) is 3.60. The van der Waals surface area contributed by atoms with Crippen LogP contribution in [0.25, 0.3) is 0 Å². The van der Waals surface area contributed by atoms with Crippen molar-refractivity contribution in [2.24, 2.45) is 11.5 Å². The van der Waals surface area contributed by atoms with Gasteiger partial charge < -0.3 is 11.5 Å². The van der Waals surface area contributed by atoms with E-state index >= 15 is 0 Å². The van der Waals surface area contributed by atoms with Crippen LogP contribution in [-0.2, 0) is 0 Å². The molecule has 3 heteroatoms. The van der Waals surface area contributed by atoms with E-state index in [9.17, 15) is 0 Å². The van der Waals surface area contributed by atoms with Crippen LogP contribution in [0.15, 0.2) is 0 Å². The van der Waals surface area contributed by atoms with Crippen molar-refractivity contribution in [2.45, 2.75) is 17.8 Å². The molecule has 0 aliphatic carbocycles. The second kappa shape index (κ2) is 3.41. The van der Waals surface area contributed by atoms with Crippen molar-refractivity contribution in [2.75, 3.05) is 6.54 Å². The highest BCUT2D eigenvalue weighted by molar-refractivity contribution is 9.09. The lowest BCUT2D eigenvalue weighted by atomic mass is 10.2. The topological polar surface area (TPSA) is 52.0 Å². The molecule has 0 aliphatic rings. The zero-order chi connectivity index (χ0) is 5.86. The molecule has 2 atom stereocenters. The van der Waals surface area contributed by atoms with Gasteiger partial charge in [0.25, 0.3) is 0 Å². The molecule has 0 aromatic rings. The summed E-state index contributed by atoms with van der Waals surface area (Å²) in [6.07, 6.45) is 0. The summed E-state index contributed by atoms with van der Waals surface area (Å²) < 4.78 is 0. The van der Waals surface area contributed by atoms with E-state index in [1.807, 2.05) is 6.92 Å². The fraction of sp³-hybridized carbons (Fsp3) is 1.00. The Balaban J connectivity index is 3.14. The van der Waals surface area contributed by atoms with Gasteiger partial charge in [-0.15, -0.1) is 0 Å². The lowest BCUT2D eigenvalue weighted by molar-refractivity contribution is 0.681. The van der Waals surface area contributed by atoms with Gasteiger partial charge in [0.15, 0.2) is 0 Å². The summed E-state index contributed by atoms with van der Waals surface area (Å²) in [5.41, 5.74) is 10.7. The molecule has 0 aromatic heterocycles. The van der Waals surface area contributed by atoms with Crippen LogP contribution < -0.4 is 11.5 Å². The Morgan fingerprint density at radius 3 is 2.14 bits per heavy atom. The van der Waals surface area contributed by atoms with E-state index in [0.29, 0.717) is 11.4 Å². The van der Waals surface area contributed by atoms with Gasteiger partial charge in [0.2, 0.25) is 0 Å². The van der Waals surface area contributed by atoms with Crippen molar-refractivity contribution in [3.05, 3.63) is 0 Å². The Morgan fingerprint density at radius 1 is 1.71 bits per heavy atom. The SMILES string of the molecule is C[C@H](Br)C(N)CN. The second-order valence-corrected chi connectivity index (χ2v) is 3.02. The molecule has 0 saturated carbocycles. The molecule has 0 spiro atoms. The van der Waals surface area contributed by atoms with Crippen LogP contribution in [0.3, 0.4) is 0 Å². The van der Waals surface area contributed by atoms with E-state index in [1.165, 1.54) is 0 Å². The number of hydrogen-bond donors (Lipinski definition) is 2. The third kappa shape index (κ3) is 3.02. The first-order valence-electron chi connectivity index (χ1n) is 2.28. The second-order valence-electron chi connectivity index (χ2n) is 1.58. The predicted molar refractivity (Wildman–Crippen MR) is 35.4 cm³/mol. The Hall–Kier alpha value is 0.400. The normalized spacial score (nSPS) is 18.9. The zero-order valence-corrected chi connectivity index (χ0v) is 5.98. The Morgan fingerprint density at radius 2 is 2.14 bits per heavy atom. The molecular formula is C4H11BrN2. The summed E-state index contributed by atoms with van der Waals surface area (Å²) >= 11 is 3.29. The van der Waals surface area contributed by atoms with E-state index in [4.69, 9.17) is 11.5 Å². The van der Waals surface area contributed by atoms with E-state index in [-0.39, 0.29) is 6.04 Å². The largest absolute Gasteiger partial charge is 0.329 e. The number of alkyl halides is 1. The molecular weight excluding hydrogens is 156 g/mol. The average molecular weight is 167 g/mol. The van der Waals surface area contributed by atoms with E-state index in [2.05, 4.69) is 15.9 Å². The van der Waals surface area contributed by atoms with Gasteiger partial charge in [-0.05, 0) is 0 Å². The van der Waals surface area contributed by atoms with Crippen LogP contribution in [0, 0.1) is 0 Å². The van der Waals surface area contributed by atoms with Gasteiger partial charge in [-0.2, -0.15) is 0 Å². The summed E-state index contributed by atoms with van der Waals surface area (Å²) in [6, 6.07) is 0.0972. The minimum Gasteiger partial charge on any atom is -0.329 e. The zero-order valence-electron chi connectivity index (χ0n) is 4.39. The fourth-order valence-corrected chi connectivity index (χ4v) is 0.403. The molecule has 0 rings (SSSR count). The van der Waals surface area contributed by atoms with E-state index in [1.54, 1.807) is 0 Å². The van der Waals surface area contributed by atoms with Gasteiger partial charge in [0.05, 0.1) is 0 Å². The number of nitrogens with two attached hydrogens (primary N) is 2. The minimum absolute atomic E-state index is 0.0972. The standard InChI is InChI=1S/C4H11BrN2/c1-3(5)4(7)2-6/h3-4H,2,6-7H2,1H3/t3-,4?/m0/s1. The van der Waals surface area contributed by atoms with Gasteiger partial charge in [-0.3, -0.25) is 0 Å². The first-order chi connectivity index (χ1) is 3.18. The lowest BCUT2D eigenvalue weighted by Crippen LogP contribution is -2.36. The van der Waals surface area contributed by atoms with E-state index in [0.717, 1.165) is 0 Å². The molecule has 0 saturated heterocycles. The smallest absolute Gasteiger partial charge is 0.0287 e. The average Bonchev–Trinajstić information content (AvgIpc) is 1.65. The van der Waals surface area contributed by atoms with Crippen molar-refractivity contribution in [1.82, 2.24) is 0 Å². The maximum absolute atomic E-state index is 5.44. The molecule has 4 N–H and O–H groups in total. The molecule has 0 amide bonds.